The molecule has 1 saturated heterocycles. The van der Waals surface area contributed by atoms with Gasteiger partial charge >= 0.3 is 6.18 Å². The number of fused-ring (bicyclic) bond motifs is 1. The molecule has 1 fully saturated rings. The minimum Gasteiger partial charge on any atom is -0.338 e. The SMILES string of the molecule is O=C(c1cc(F)cc(C(F)(F)F)c1)N1C[C@H]2CC=CC[C@H]2C1. The number of benzene rings is 1. The first kappa shape index (κ1) is 15.1. The summed E-state index contributed by atoms with van der Waals surface area (Å²) < 4.78 is 51.6. The minimum absolute atomic E-state index is 0.237. The van der Waals surface area contributed by atoms with E-state index in [9.17, 15) is 22.4 Å². The Balaban J connectivity index is 1.82. The van der Waals surface area contributed by atoms with Crippen LogP contribution in [0.2, 0.25) is 0 Å². The number of rotatable bonds is 1. The lowest BCUT2D eigenvalue weighted by Gasteiger charge is -2.17. The molecular formula is C16H15F4NO. The molecule has 3 rings (SSSR count). The molecule has 1 heterocycles. The lowest BCUT2D eigenvalue weighted by Crippen LogP contribution is -2.29. The Labute approximate surface area is 125 Å². The summed E-state index contributed by atoms with van der Waals surface area (Å²) in [4.78, 5) is 13.9. The lowest BCUT2D eigenvalue weighted by atomic mass is 9.86. The van der Waals surface area contributed by atoms with Crippen molar-refractivity contribution >= 4 is 5.91 Å². The van der Waals surface area contributed by atoms with Crippen LogP contribution in [0.15, 0.2) is 30.4 Å². The Bertz CT molecular complexity index is 607. The molecule has 2 aliphatic rings. The van der Waals surface area contributed by atoms with E-state index < -0.39 is 23.5 Å². The van der Waals surface area contributed by atoms with Crippen molar-refractivity contribution < 1.29 is 22.4 Å². The number of carbonyl (C=O) groups excluding carboxylic acids is 1. The first-order chi connectivity index (χ1) is 10.3. The lowest BCUT2D eigenvalue weighted by molar-refractivity contribution is -0.137. The van der Waals surface area contributed by atoms with Gasteiger partial charge in [-0.1, -0.05) is 12.2 Å². The zero-order chi connectivity index (χ0) is 15.9. The zero-order valence-electron chi connectivity index (χ0n) is 11.7. The molecule has 0 radical (unpaired) electrons. The van der Waals surface area contributed by atoms with Gasteiger partial charge in [0.1, 0.15) is 5.82 Å². The van der Waals surface area contributed by atoms with Crippen molar-refractivity contribution in [3.05, 3.63) is 47.3 Å². The van der Waals surface area contributed by atoms with E-state index in [0.717, 1.165) is 25.0 Å². The van der Waals surface area contributed by atoms with Gasteiger partial charge in [0.05, 0.1) is 5.56 Å². The van der Waals surface area contributed by atoms with Crippen LogP contribution < -0.4 is 0 Å². The molecule has 0 unspecified atom stereocenters. The molecule has 0 spiro atoms. The van der Waals surface area contributed by atoms with Crippen LogP contribution in [-0.2, 0) is 6.18 Å². The smallest absolute Gasteiger partial charge is 0.338 e. The molecule has 118 valence electrons. The quantitative estimate of drug-likeness (QED) is 0.569. The van der Waals surface area contributed by atoms with E-state index in [1.807, 2.05) is 0 Å². The van der Waals surface area contributed by atoms with Crippen molar-refractivity contribution in [2.45, 2.75) is 19.0 Å². The van der Waals surface area contributed by atoms with Crippen molar-refractivity contribution in [1.29, 1.82) is 0 Å². The highest BCUT2D eigenvalue weighted by molar-refractivity contribution is 5.94. The van der Waals surface area contributed by atoms with Crippen LogP contribution in [0.3, 0.4) is 0 Å². The number of halogens is 4. The first-order valence-electron chi connectivity index (χ1n) is 7.16. The van der Waals surface area contributed by atoms with Crippen molar-refractivity contribution in [2.24, 2.45) is 11.8 Å². The third-order valence-corrected chi connectivity index (χ3v) is 4.38. The van der Waals surface area contributed by atoms with Crippen molar-refractivity contribution in [3.63, 3.8) is 0 Å². The maximum atomic E-state index is 13.4. The fraction of sp³-hybridized carbons (Fsp3) is 0.438. The summed E-state index contributed by atoms with van der Waals surface area (Å²) in [5, 5.41) is 0. The van der Waals surface area contributed by atoms with Gasteiger partial charge in [-0.15, -0.1) is 0 Å². The molecule has 1 aliphatic carbocycles. The molecule has 0 N–H and O–H groups in total. The summed E-state index contributed by atoms with van der Waals surface area (Å²) in [6.07, 6.45) is 1.23. The summed E-state index contributed by atoms with van der Waals surface area (Å²) in [5.41, 5.74) is -1.37. The van der Waals surface area contributed by atoms with Crippen molar-refractivity contribution in [2.75, 3.05) is 13.1 Å². The molecule has 1 aromatic rings. The number of carbonyl (C=O) groups is 1. The first-order valence-corrected chi connectivity index (χ1v) is 7.16. The minimum atomic E-state index is -4.67. The summed E-state index contributed by atoms with van der Waals surface area (Å²) in [7, 11) is 0. The molecule has 0 aromatic heterocycles. The molecule has 2 nitrogen and oxygen atoms in total. The fourth-order valence-corrected chi connectivity index (χ4v) is 3.24. The Kier molecular flexibility index (Phi) is 3.70. The van der Waals surface area contributed by atoms with Gasteiger partial charge in [-0.2, -0.15) is 13.2 Å². The van der Waals surface area contributed by atoms with E-state index in [4.69, 9.17) is 0 Å². The average molecular weight is 313 g/mol. The third-order valence-electron chi connectivity index (χ3n) is 4.38. The molecule has 22 heavy (non-hydrogen) atoms. The van der Waals surface area contributed by atoms with E-state index >= 15 is 0 Å². The van der Waals surface area contributed by atoms with Crippen LogP contribution in [0.4, 0.5) is 17.6 Å². The summed E-state index contributed by atoms with van der Waals surface area (Å²) >= 11 is 0. The van der Waals surface area contributed by atoms with Gasteiger partial charge in [0.15, 0.2) is 0 Å². The molecule has 1 aliphatic heterocycles. The molecule has 2 atom stereocenters. The number of hydrogen-bond donors (Lipinski definition) is 0. The van der Waals surface area contributed by atoms with Gasteiger partial charge in [-0.05, 0) is 42.9 Å². The second-order valence-corrected chi connectivity index (χ2v) is 5.90. The van der Waals surface area contributed by atoms with Crippen LogP contribution in [0, 0.1) is 17.7 Å². The van der Waals surface area contributed by atoms with Gasteiger partial charge < -0.3 is 4.90 Å². The monoisotopic (exact) mass is 313 g/mol. The van der Waals surface area contributed by atoms with E-state index in [0.29, 0.717) is 31.0 Å². The standard InChI is InChI=1S/C16H15F4NO/c17-14-6-12(5-13(7-14)16(18,19)20)15(22)21-8-10-3-1-2-4-11(10)9-21/h1-2,5-7,10-11H,3-4,8-9H2/t10-,11+. The number of hydrogen-bond acceptors (Lipinski definition) is 1. The van der Waals surface area contributed by atoms with E-state index in [2.05, 4.69) is 12.2 Å². The van der Waals surface area contributed by atoms with Crippen molar-refractivity contribution in [1.82, 2.24) is 4.90 Å². The molecule has 1 aromatic carbocycles. The summed E-state index contributed by atoms with van der Waals surface area (Å²) in [5.74, 6) is -0.870. The van der Waals surface area contributed by atoms with Gasteiger partial charge in [0, 0.05) is 18.7 Å². The number of allylic oxidation sites excluding steroid dienone is 2. The van der Waals surface area contributed by atoms with Gasteiger partial charge in [0.25, 0.3) is 5.91 Å². The number of likely N-dealkylation sites (tertiary alicyclic amines) is 1. The molecule has 1 amide bonds. The van der Waals surface area contributed by atoms with Crippen molar-refractivity contribution in [3.8, 4) is 0 Å². The zero-order valence-corrected chi connectivity index (χ0v) is 11.7. The normalized spacial score (nSPS) is 24.5. The van der Waals surface area contributed by atoms with Gasteiger partial charge in [0.2, 0.25) is 0 Å². The van der Waals surface area contributed by atoms with Crippen LogP contribution in [0.1, 0.15) is 28.8 Å². The molecule has 6 heteroatoms. The highest BCUT2D eigenvalue weighted by Crippen LogP contribution is 2.34. The van der Waals surface area contributed by atoms with Crippen LogP contribution in [0.25, 0.3) is 0 Å². The number of alkyl halides is 3. The van der Waals surface area contributed by atoms with Crippen LogP contribution in [-0.4, -0.2) is 23.9 Å². The predicted octanol–water partition coefficient (Wildman–Crippen LogP) is 3.88. The Morgan fingerprint density at radius 1 is 1.05 bits per heavy atom. The van der Waals surface area contributed by atoms with E-state index in [1.54, 1.807) is 0 Å². The topological polar surface area (TPSA) is 20.3 Å². The number of amides is 1. The fourth-order valence-electron chi connectivity index (χ4n) is 3.24. The second-order valence-electron chi connectivity index (χ2n) is 5.90. The van der Waals surface area contributed by atoms with Crippen LogP contribution in [0.5, 0.6) is 0 Å². The maximum Gasteiger partial charge on any atom is 0.416 e. The van der Waals surface area contributed by atoms with Crippen LogP contribution >= 0.6 is 0 Å². The molecular weight excluding hydrogens is 298 g/mol. The highest BCUT2D eigenvalue weighted by atomic mass is 19.4. The Hall–Kier alpha value is -1.85. The van der Waals surface area contributed by atoms with E-state index in [1.165, 1.54) is 4.90 Å². The Morgan fingerprint density at radius 3 is 2.18 bits per heavy atom. The Morgan fingerprint density at radius 2 is 1.64 bits per heavy atom. The second kappa shape index (κ2) is 5.41. The predicted molar refractivity (Wildman–Crippen MR) is 72.7 cm³/mol. The largest absolute Gasteiger partial charge is 0.416 e. The number of nitrogens with zero attached hydrogens (tertiary/aromatic N) is 1. The average Bonchev–Trinajstić information content (AvgIpc) is 2.88. The molecule has 0 saturated carbocycles. The summed E-state index contributed by atoms with van der Waals surface area (Å²) in [6, 6.07) is 2.01. The third kappa shape index (κ3) is 2.87. The van der Waals surface area contributed by atoms with Gasteiger partial charge in [-0.25, -0.2) is 4.39 Å². The van der Waals surface area contributed by atoms with E-state index in [-0.39, 0.29) is 5.56 Å². The molecule has 0 bridgehead atoms. The summed E-state index contributed by atoms with van der Waals surface area (Å²) in [6.45, 7) is 1.04. The maximum absolute atomic E-state index is 13.4. The highest BCUT2D eigenvalue weighted by Gasteiger charge is 2.37. The van der Waals surface area contributed by atoms with Gasteiger partial charge in [-0.3, -0.25) is 4.79 Å².